The van der Waals surface area contributed by atoms with Crippen molar-refractivity contribution in [2.75, 3.05) is 13.1 Å². The number of amides is 1. The van der Waals surface area contributed by atoms with Crippen molar-refractivity contribution >= 4 is 27.1 Å². The molecular formula is C19H18FN3O3S2. The van der Waals surface area contributed by atoms with Crippen LogP contribution in [0.25, 0.3) is 10.6 Å². The van der Waals surface area contributed by atoms with Crippen molar-refractivity contribution in [1.82, 2.24) is 15.1 Å². The van der Waals surface area contributed by atoms with Crippen LogP contribution in [0, 0.1) is 5.82 Å². The van der Waals surface area contributed by atoms with E-state index in [9.17, 15) is 17.6 Å². The summed E-state index contributed by atoms with van der Waals surface area (Å²) in [5.74, 6) is -0.683. The predicted molar refractivity (Wildman–Crippen MR) is 104 cm³/mol. The number of hydrogen-bond donors (Lipinski definition) is 1. The van der Waals surface area contributed by atoms with Crippen LogP contribution in [0.5, 0.6) is 0 Å². The lowest BCUT2D eigenvalue weighted by Gasteiger charge is -2.31. The second-order valence-corrected chi connectivity index (χ2v) is 9.81. The highest BCUT2D eigenvalue weighted by atomic mass is 32.2. The topological polar surface area (TPSA) is 83.1 Å². The zero-order valence-electron chi connectivity index (χ0n) is 14.8. The molecule has 3 aromatic rings. The maximum absolute atomic E-state index is 13.1. The molecule has 146 valence electrons. The Bertz CT molecular complexity index is 1070. The molecule has 0 unspecified atom stereocenters. The van der Waals surface area contributed by atoms with Crippen LogP contribution < -0.4 is 0 Å². The van der Waals surface area contributed by atoms with Gasteiger partial charge in [0, 0.05) is 13.1 Å². The number of aromatic amines is 1. The van der Waals surface area contributed by atoms with Crippen LogP contribution >= 0.6 is 11.3 Å². The normalized spacial score (nSPS) is 15.7. The Kier molecular flexibility index (Phi) is 5.03. The molecule has 0 atom stereocenters. The van der Waals surface area contributed by atoms with Gasteiger partial charge < -0.3 is 4.90 Å². The molecule has 1 amide bonds. The molecule has 28 heavy (non-hydrogen) atoms. The maximum atomic E-state index is 13.1. The van der Waals surface area contributed by atoms with Gasteiger partial charge in [-0.05, 0) is 54.6 Å². The molecule has 1 aliphatic heterocycles. The second-order valence-electron chi connectivity index (χ2n) is 6.63. The van der Waals surface area contributed by atoms with Crippen molar-refractivity contribution in [2.24, 2.45) is 0 Å². The molecule has 3 heterocycles. The number of nitrogens with one attached hydrogen (secondary N) is 1. The molecule has 0 saturated carbocycles. The molecule has 6 nitrogen and oxygen atoms in total. The summed E-state index contributed by atoms with van der Waals surface area (Å²) in [4.78, 5) is 15.4. The lowest BCUT2D eigenvalue weighted by molar-refractivity contribution is 0.0719. The van der Waals surface area contributed by atoms with Crippen LogP contribution in [-0.2, 0) is 9.84 Å². The SMILES string of the molecule is O=C(c1cc(-c2cccs2)[nH]n1)N1CCC(S(=O)(=O)c2ccc(F)cc2)CC1. The highest BCUT2D eigenvalue weighted by Gasteiger charge is 2.33. The monoisotopic (exact) mass is 419 g/mol. The molecule has 2 aromatic heterocycles. The number of benzene rings is 1. The van der Waals surface area contributed by atoms with Crippen LogP contribution in [0.15, 0.2) is 52.7 Å². The van der Waals surface area contributed by atoms with Crippen LogP contribution in [0.1, 0.15) is 23.3 Å². The molecule has 0 spiro atoms. The van der Waals surface area contributed by atoms with Crippen molar-refractivity contribution in [3.63, 3.8) is 0 Å². The molecular weight excluding hydrogens is 401 g/mol. The Morgan fingerprint density at radius 2 is 1.89 bits per heavy atom. The molecule has 0 bridgehead atoms. The van der Waals surface area contributed by atoms with Crippen LogP contribution in [-0.4, -0.2) is 47.8 Å². The van der Waals surface area contributed by atoms with E-state index in [1.54, 1.807) is 22.3 Å². The Balaban J connectivity index is 1.42. The molecule has 9 heteroatoms. The minimum atomic E-state index is -3.54. The van der Waals surface area contributed by atoms with Crippen molar-refractivity contribution < 1.29 is 17.6 Å². The number of carbonyl (C=O) groups is 1. The zero-order valence-corrected chi connectivity index (χ0v) is 16.5. The summed E-state index contributed by atoms with van der Waals surface area (Å²) in [5.41, 5.74) is 1.11. The summed E-state index contributed by atoms with van der Waals surface area (Å²) in [6, 6.07) is 10.5. The average Bonchev–Trinajstić information content (AvgIpc) is 3.39. The fraction of sp³-hybridized carbons (Fsp3) is 0.263. The van der Waals surface area contributed by atoms with E-state index in [4.69, 9.17) is 0 Å². The van der Waals surface area contributed by atoms with E-state index in [-0.39, 0.29) is 10.8 Å². The van der Waals surface area contributed by atoms with Gasteiger partial charge in [-0.15, -0.1) is 11.3 Å². The zero-order chi connectivity index (χ0) is 19.7. The van der Waals surface area contributed by atoms with Gasteiger partial charge in [0.15, 0.2) is 15.5 Å². The number of likely N-dealkylation sites (tertiary alicyclic amines) is 1. The van der Waals surface area contributed by atoms with E-state index in [2.05, 4.69) is 10.2 Å². The van der Waals surface area contributed by atoms with Gasteiger partial charge in [0.1, 0.15) is 5.82 Å². The Morgan fingerprint density at radius 1 is 1.18 bits per heavy atom. The molecule has 1 fully saturated rings. The number of thiophene rings is 1. The van der Waals surface area contributed by atoms with Gasteiger partial charge in [-0.2, -0.15) is 5.10 Å². The third kappa shape index (κ3) is 3.59. The first-order valence-electron chi connectivity index (χ1n) is 8.83. The van der Waals surface area contributed by atoms with Crippen molar-refractivity contribution in [1.29, 1.82) is 0 Å². The van der Waals surface area contributed by atoms with Crippen LogP contribution in [0.2, 0.25) is 0 Å². The van der Waals surface area contributed by atoms with E-state index in [0.29, 0.717) is 31.6 Å². The summed E-state index contributed by atoms with van der Waals surface area (Å²) < 4.78 is 38.5. The van der Waals surface area contributed by atoms with Gasteiger partial charge in [0.25, 0.3) is 5.91 Å². The smallest absolute Gasteiger partial charge is 0.274 e. The van der Waals surface area contributed by atoms with Crippen molar-refractivity contribution in [3.8, 4) is 10.6 Å². The fourth-order valence-corrected chi connectivity index (χ4v) is 5.76. The first-order valence-corrected chi connectivity index (χ1v) is 11.3. The largest absolute Gasteiger partial charge is 0.337 e. The third-order valence-electron chi connectivity index (χ3n) is 4.89. The van der Waals surface area contributed by atoms with Gasteiger partial charge >= 0.3 is 0 Å². The number of halogens is 1. The number of nitrogens with zero attached hydrogens (tertiary/aromatic N) is 2. The van der Waals surface area contributed by atoms with E-state index >= 15 is 0 Å². The van der Waals surface area contributed by atoms with Crippen molar-refractivity contribution in [2.45, 2.75) is 23.0 Å². The second kappa shape index (κ2) is 7.48. The molecule has 0 aliphatic carbocycles. The number of H-pyrrole nitrogens is 1. The van der Waals surface area contributed by atoms with Gasteiger partial charge in [0.2, 0.25) is 0 Å². The molecule has 1 aromatic carbocycles. The minimum Gasteiger partial charge on any atom is -0.337 e. The minimum absolute atomic E-state index is 0.117. The Hall–Kier alpha value is -2.52. The lowest BCUT2D eigenvalue weighted by atomic mass is 10.1. The molecule has 0 radical (unpaired) electrons. The third-order valence-corrected chi connectivity index (χ3v) is 8.08. The number of aromatic nitrogens is 2. The van der Waals surface area contributed by atoms with Crippen molar-refractivity contribution in [3.05, 3.63) is 59.4 Å². The number of piperidine rings is 1. The van der Waals surface area contributed by atoms with Crippen LogP contribution in [0.4, 0.5) is 4.39 Å². The van der Waals surface area contributed by atoms with Gasteiger partial charge in [-0.1, -0.05) is 6.07 Å². The Labute approximate surface area is 165 Å². The molecule has 1 aliphatic rings. The first kappa shape index (κ1) is 18.8. The van der Waals surface area contributed by atoms with Crippen LogP contribution in [0.3, 0.4) is 0 Å². The van der Waals surface area contributed by atoms with E-state index in [1.165, 1.54) is 12.1 Å². The average molecular weight is 420 g/mol. The molecule has 4 rings (SSSR count). The number of hydrogen-bond acceptors (Lipinski definition) is 5. The Morgan fingerprint density at radius 3 is 2.54 bits per heavy atom. The number of sulfone groups is 1. The van der Waals surface area contributed by atoms with E-state index in [1.807, 2.05) is 17.5 Å². The fourth-order valence-electron chi connectivity index (χ4n) is 3.34. The van der Waals surface area contributed by atoms with Gasteiger partial charge in [-0.25, -0.2) is 12.8 Å². The summed E-state index contributed by atoms with van der Waals surface area (Å²) in [5, 5.41) is 8.35. The quantitative estimate of drug-likeness (QED) is 0.658. The lowest BCUT2D eigenvalue weighted by Crippen LogP contribution is -2.42. The standard InChI is InChI=1S/C19H18FN3O3S2/c20-13-3-5-14(6-4-13)28(25,26)15-7-9-23(10-8-15)19(24)17-12-16(21-22-17)18-2-1-11-27-18/h1-6,11-12,15H,7-10H2,(H,21,22). The molecule has 1 N–H and O–H groups in total. The van der Waals surface area contributed by atoms with E-state index < -0.39 is 20.9 Å². The summed E-state index contributed by atoms with van der Waals surface area (Å²) in [7, 11) is -3.54. The highest BCUT2D eigenvalue weighted by Crippen LogP contribution is 2.27. The van der Waals surface area contributed by atoms with Gasteiger partial charge in [-0.3, -0.25) is 9.89 Å². The summed E-state index contributed by atoms with van der Waals surface area (Å²) in [6.07, 6.45) is 0.682. The summed E-state index contributed by atoms with van der Waals surface area (Å²) in [6.45, 7) is 0.677. The predicted octanol–water partition coefficient (Wildman–Crippen LogP) is 3.36. The highest BCUT2D eigenvalue weighted by molar-refractivity contribution is 7.92. The maximum Gasteiger partial charge on any atom is 0.274 e. The number of carbonyl (C=O) groups excluding carboxylic acids is 1. The van der Waals surface area contributed by atoms with E-state index in [0.717, 1.165) is 22.7 Å². The summed E-state index contributed by atoms with van der Waals surface area (Å²) >= 11 is 1.55. The van der Waals surface area contributed by atoms with Gasteiger partial charge in [0.05, 0.1) is 20.7 Å². The molecule has 1 saturated heterocycles. The first-order chi connectivity index (χ1) is 13.4. The number of rotatable bonds is 4.